The highest BCUT2D eigenvalue weighted by Gasteiger charge is 2.23. The van der Waals surface area contributed by atoms with Crippen LogP contribution in [-0.4, -0.2) is 24.4 Å². The summed E-state index contributed by atoms with van der Waals surface area (Å²) < 4.78 is 12.9. The molecule has 0 heterocycles. The lowest BCUT2D eigenvalue weighted by atomic mass is 9.92. The number of amides is 2. The third-order valence-corrected chi connectivity index (χ3v) is 4.28. The van der Waals surface area contributed by atoms with Crippen molar-refractivity contribution in [2.75, 3.05) is 5.32 Å². The lowest BCUT2D eigenvalue weighted by molar-refractivity contribution is -0.119. The van der Waals surface area contributed by atoms with Crippen molar-refractivity contribution in [1.82, 2.24) is 5.32 Å². The van der Waals surface area contributed by atoms with E-state index >= 15 is 0 Å². The Labute approximate surface area is 152 Å². The van der Waals surface area contributed by atoms with Crippen molar-refractivity contribution in [3.05, 3.63) is 66.0 Å². The maximum absolute atomic E-state index is 12.9. The van der Waals surface area contributed by atoms with Crippen LogP contribution in [0.25, 0.3) is 0 Å². The molecule has 4 N–H and O–H groups in total. The summed E-state index contributed by atoms with van der Waals surface area (Å²) in [5, 5.41) is 5.50. The van der Waals surface area contributed by atoms with Gasteiger partial charge in [-0.1, -0.05) is 37.3 Å². The molecular weight excluding hydrogens is 333 g/mol. The van der Waals surface area contributed by atoms with Gasteiger partial charge in [0, 0.05) is 23.7 Å². The minimum Gasteiger partial charge on any atom is -0.354 e. The molecule has 2 amide bonds. The first-order chi connectivity index (χ1) is 12.5. The van der Waals surface area contributed by atoms with Crippen LogP contribution in [0.4, 0.5) is 10.1 Å². The Morgan fingerprint density at radius 3 is 2.42 bits per heavy atom. The second-order valence-corrected chi connectivity index (χ2v) is 6.38. The monoisotopic (exact) mass is 357 g/mol. The van der Waals surface area contributed by atoms with Gasteiger partial charge in [0.25, 0.3) is 0 Å². The quantitative estimate of drug-likeness (QED) is 0.603. The Hall–Kier alpha value is -2.73. The molecule has 0 radical (unpaired) electrons. The molecule has 0 aromatic heterocycles. The van der Waals surface area contributed by atoms with Gasteiger partial charge in [0.2, 0.25) is 12.3 Å². The second kappa shape index (κ2) is 9.68. The zero-order valence-corrected chi connectivity index (χ0v) is 14.7. The van der Waals surface area contributed by atoms with E-state index in [1.807, 2.05) is 30.3 Å². The SMILES string of the molecule is CC(CC(N)C(Cc1ccccc1)NC=O)C(=O)Nc1ccc(F)cc1. The lowest BCUT2D eigenvalue weighted by Gasteiger charge is -2.25. The molecule has 2 aromatic carbocycles. The number of carbonyl (C=O) groups excluding carboxylic acids is 2. The predicted octanol–water partition coefficient (Wildman–Crippen LogP) is 2.48. The summed E-state index contributed by atoms with van der Waals surface area (Å²) >= 11 is 0. The van der Waals surface area contributed by atoms with Crippen molar-refractivity contribution < 1.29 is 14.0 Å². The number of rotatable bonds is 9. The van der Waals surface area contributed by atoms with E-state index in [2.05, 4.69) is 10.6 Å². The Morgan fingerprint density at radius 1 is 1.15 bits per heavy atom. The largest absolute Gasteiger partial charge is 0.354 e. The van der Waals surface area contributed by atoms with Crippen LogP contribution in [0.5, 0.6) is 0 Å². The molecule has 0 aliphatic rings. The topological polar surface area (TPSA) is 84.2 Å². The van der Waals surface area contributed by atoms with Gasteiger partial charge in [0.1, 0.15) is 5.82 Å². The van der Waals surface area contributed by atoms with Crippen molar-refractivity contribution in [3.63, 3.8) is 0 Å². The second-order valence-electron chi connectivity index (χ2n) is 6.38. The van der Waals surface area contributed by atoms with Gasteiger partial charge in [-0.15, -0.1) is 0 Å². The van der Waals surface area contributed by atoms with E-state index in [9.17, 15) is 14.0 Å². The van der Waals surface area contributed by atoms with Crippen molar-refractivity contribution in [1.29, 1.82) is 0 Å². The molecule has 2 aromatic rings. The highest BCUT2D eigenvalue weighted by molar-refractivity contribution is 5.92. The molecule has 26 heavy (non-hydrogen) atoms. The number of halogens is 1. The summed E-state index contributed by atoms with van der Waals surface area (Å²) in [6.07, 6.45) is 1.63. The molecule has 138 valence electrons. The standard InChI is InChI=1S/C20H24FN3O2/c1-14(20(26)24-17-9-7-16(21)8-10-17)11-18(22)19(23-13-25)12-15-5-3-2-4-6-15/h2-10,13-14,18-19H,11-12,22H2,1H3,(H,23,25)(H,24,26). The Balaban J connectivity index is 1.93. The molecule has 3 unspecified atom stereocenters. The molecule has 0 saturated heterocycles. The van der Waals surface area contributed by atoms with Gasteiger partial charge in [0.05, 0.1) is 0 Å². The van der Waals surface area contributed by atoms with Gasteiger partial charge in [-0.3, -0.25) is 9.59 Å². The van der Waals surface area contributed by atoms with Crippen molar-refractivity contribution in [2.24, 2.45) is 11.7 Å². The van der Waals surface area contributed by atoms with Crippen molar-refractivity contribution in [2.45, 2.75) is 31.8 Å². The third-order valence-electron chi connectivity index (χ3n) is 4.28. The third kappa shape index (κ3) is 5.97. The average Bonchev–Trinajstić information content (AvgIpc) is 2.64. The summed E-state index contributed by atoms with van der Waals surface area (Å²) in [7, 11) is 0. The van der Waals surface area contributed by atoms with Crippen LogP contribution < -0.4 is 16.4 Å². The Morgan fingerprint density at radius 2 is 1.81 bits per heavy atom. The van der Waals surface area contributed by atoms with Crippen LogP contribution in [0.15, 0.2) is 54.6 Å². The Kier molecular flexibility index (Phi) is 7.29. The number of anilines is 1. The zero-order chi connectivity index (χ0) is 18.9. The van der Waals surface area contributed by atoms with E-state index in [-0.39, 0.29) is 29.7 Å². The number of benzene rings is 2. The van der Waals surface area contributed by atoms with Crippen molar-refractivity contribution >= 4 is 18.0 Å². The van der Waals surface area contributed by atoms with E-state index < -0.39 is 0 Å². The predicted molar refractivity (Wildman–Crippen MR) is 99.9 cm³/mol. The maximum atomic E-state index is 12.9. The zero-order valence-electron chi connectivity index (χ0n) is 14.7. The molecule has 5 nitrogen and oxygen atoms in total. The highest BCUT2D eigenvalue weighted by Crippen LogP contribution is 2.15. The first-order valence-corrected chi connectivity index (χ1v) is 8.55. The minimum atomic E-state index is -0.380. The Bertz CT molecular complexity index is 707. The van der Waals surface area contributed by atoms with E-state index in [4.69, 9.17) is 5.73 Å². The fraction of sp³-hybridized carbons (Fsp3) is 0.300. The van der Waals surface area contributed by atoms with Gasteiger partial charge in [-0.05, 0) is 42.7 Å². The van der Waals surface area contributed by atoms with Gasteiger partial charge in [-0.25, -0.2) is 4.39 Å². The summed E-state index contributed by atoms with van der Waals surface area (Å²) in [4.78, 5) is 23.2. The molecule has 0 spiro atoms. The van der Waals surface area contributed by atoms with Crippen LogP contribution in [0.1, 0.15) is 18.9 Å². The number of hydrogen-bond donors (Lipinski definition) is 3. The molecule has 2 rings (SSSR count). The van der Waals surface area contributed by atoms with Gasteiger partial charge < -0.3 is 16.4 Å². The first kappa shape index (κ1) is 19.6. The molecule has 0 bridgehead atoms. The van der Waals surface area contributed by atoms with Crippen LogP contribution in [0.2, 0.25) is 0 Å². The molecule has 6 heteroatoms. The highest BCUT2D eigenvalue weighted by atomic mass is 19.1. The van der Waals surface area contributed by atoms with Crippen LogP contribution in [0, 0.1) is 11.7 Å². The number of carbonyl (C=O) groups is 2. The van der Waals surface area contributed by atoms with E-state index in [1.165, 1.54) is 24.3 Å². The number of hydrogen-bond acceptors (Lipinski definition) is 3. The van der Waals surface area contributed by atoms with Crippen LogP contribution in [-0.2, 0) is 16.0 Å². The van der Waals surface area contributed by atoms with Crippen LogP contribution in [0.3, 0.4) is 0 Å². The van der Waals surface area contributed by atoms with E-state index in [1.54, 1.807) is 6.92 Å². The summed E-state index contributed by atoms with van der Waals surface area (Å²) in [6.45, 7) is 1.78. The smallest absolute Gasteiger partial charge is 0.227 e. The normalized spacial score (nSPS) is 14.1. The van der Waals surface area contributed by atoms with E-state index in [0.29, 0.717) is 24.9 Å². The summed E-state index contributed by atoms with van der Waals surface area (Å²) in [6, 6.07) is 14.7. The van der Waals surface area contributed by atoms with Crippen LogP contribution >= 0.6 is 0 Å². The summed E-state index contributed by atoms with van der Waals surface area (Å²) in [5.74, 6) is -0.917. The summed E-state index contributed by atoms with van der Waals surface area (Å²) in [5.41, 5.74) is 7.84. The lowest BCUT2D eigenvalue weighted by Crippen LogP contribution is -2.47. The molecule has 0 aliphatic heterocycles. The van der Waals surface area contributed by atoms with Gasteiger partial charge >= 0.3 is 0 Å². The molecule has 3 atom stereocenters. The fourth-order valence-electron chi connectivity index (χ4n) is 2.77. The maximum Gasteiger partial charge on any atom is 0.227 e. The van der Waals surface area contributed by atoms with Crippen molar-refractivity contribution in [3.8, 4) is 0 Å². The first-order valence-electron chi connectivity index (χ1n) is 8.55. The van der Waals surface area contributed by atoms with E-state index in [0.717, 1.165) is 5.56 Å². The number of nitrogens with two attached hydrogens (primary N) is 1. The van der Waals surface area contributed by atoms with Gasteiger partial charge in [0.15, 0.2) is 0 Å². The number of nitrogens with one attached hydrogen (secondary N) is 2. The molecule has 0 aliphatic carbocycles. The average molecular weight is 357 g/mol. The van der Waals surface area contributed by atoms with Gasteiger partial charge in [-0.2, -0.15) is 0 Å². The minimum absolute atomic E-state index is 0.198. The molecule has 0 fully saturated rings. The molecule has 0 saturated carbocycles. The molecular formula is C20H24FN3O2. The fourth-order valence-corrected chi connectivity index (χ4v) is 2.77.